The minimum Gasteiger partial charge on any atom is -0.366 e. The van der Waals surface area contributed by atoms with Crippen LogP contribution in [-0.2, 0) is 0 Å². The Morgan fingerprint density at radius 3 is 3.18 bits per heavy atom. The van der Waals surface area contributed by atoms with Crippen molar-refractivity contribution in [3.8, 4) is 0 Å². The van der Waals surface area contributed by atoms with Gasteiger partial charge >= 0.3 is 0 Å². The standard InChI is InChI=1S/C16H25N/c1-4-6-12(2)15-11-16(15)10-9-14-8-5-7-13(3)17(14)16/h9,13,15H,2,4-8,10-11H2,1,3H3. The number of allylic oxidation sites excluding steroid dienone is 1. The molecule has 1 saturated heterocycles. The van der Waals surface area contributed by atoms with Crippen LogP contribution in [0, 0.1) is 5.92 Å². The second kappa shape index (κ2) is 3.90. The van der Waals surface area contributed by atoms with Crippen molar-refractivity contribution < 1.29 is 0 Å². The lowest BCUT2D eigenvalue weighted by Gasteiger charge is -2.40. The van der Waals surface area contributed by atoms with E-state index in [2.05, 4.69) is 31.4 Å². The lowest BCUT2D eigenvalue weighted by atomic mass is 9.97. The van der Waals surface area contributed by atoms with Gasteiger partial charge in [0.05, 0.1) is 5.54 Å². The number of nitrogens with zero attached hydrogens (tertiary/aromatic N) is 1. The number of hydrogen-bond acceptors (Lipinski definition) is 1. The van der Waals surface area contributed by atoms with Gasteiger partial charge in [-0.2, -0.15) is 0 Å². The quantitative estimate of drug-likeness (QED) is 0.656. The van der Waals surface area contributed by atoms with Crippen LogP contribution < -0.4 is 0 Å². The Morgan fingerprint density at radius 2 is 2.41 bits per heavy atom. The third-order valence-electron chi connectivity index (χ3n) is 5.09. The first-order chi connectivity index (χ1) is 8.19. The van der Waals surface area contributed by atoms with E-state index in [9.17, 15) is 0 Å². The van der Waals surface area contributed by atoms with E-state index in [1.165, 1.54) is 50.5 Å². The maximum atomic E-state index is 4.34. The number of fused-ring (bicyclic) bond motifs is 2. The molecule has 1 spiro atoms. The first-order valence-electron chi connectivity index (χ1n) is 7.35. The molecule has 3 unspecified atom stereocenters. The Hall–Kier alpha value is -0.720. The Morgan fingerprint density at radius 1 is 1.59 bits per heavy atom. The SMILES string of the molecule is C=C(CCC)C1CC12CC=C1CCCC(C)N12. The molecule has 0 aromatic carbocycles. The second-order valence-corrected chi connectivity index (χ2v) is 6.28. The van der Waals surface area contributed by atoms with Crippen molar-refractivity contribution in [2.45, 2.75) is 70.4 Å². The molecule has 0 N–H and O–H groups in total. The van der Waals surface area contributed by atoms with E-state index >= 15 is 0 Å². The number of piperidine rings is 1. The van der Waals surface area contributed by atoms with Crippen LogP contribution in [0.1, 0.15) is 58.8 Å². The zero-order valence-electron chi connectivity index (χ0n) is 11.3. The van der Waals surface area contributed by atoms with Gasteiger partial charge in [0.2, 0.25) is 0 Å². The largest absolute Gasteiger partial charge is 0.366 e. The van der Waals surface area contributed by atoms with Gasteiger partial charge in [-0.1, -0.05) is 31.6 Å². The van der Waals surface area contributed by atoms with E-state index in [0.717, 1.165) is 12.0 Å². The van der Waals surface area contributed by atoms with E-state index in [1.54, 1.807) is 5.70 Å². The summed E-state index contributed by atoms with van der Waals surface area (Å²) in [7, 11) is 0. The Labute approximate surface area is 106 Å². The molecule has 3 atom stereocenters. The van der Waals surface area contributed by atoms with Gasteiger partial charge in [-0.05, 0) is 45.4 Å². The predicted octanol–water partition coefficient (Wildman–Crippen LogP) is 4.26. The molecule has 0 radical (unpaired) electrons. The smallest absolute Gasteiger partial charge is 0.0509 e. The van der Waals surface area contributed by atoms with Gasteiger partial charge in [0.15, 0.2) is 0 Å². The highest BCUT2D eigenvalue weighted by molar-refractivity contribution is 5.34. The average Bonchev–Trinajstić information content (AvgIpc) is 2.89. The van der Waals surface area contributed by atoms with Crippen LogP contribution in [0.3, 0.4) is 0 Å². The summed E-state index contributed by atoms with van der Waals surface area (Å²) in [6.07, 6.45) is 11.8. The van der Waals surface area contributed by atoms with Crippen molar-refractivity contribution in [1.82, 2.24) is 4.90 Å². The third-order valence-corrected chi connectivity index (χ3v) is 5.09. The van der Waals surface area contributed by atoms with E-state index < -0.39 is 0 Å². The van der Waals surface area contributed by atoms with Crippen LogP contribution in [0.5, 0.6) is 0 Å². The summed E-state index contributed by atoms with van der Waals surface area (Å²) >= 11 is 0. The van der Waals surface area contributed by atoms with Crippen molar-refractivity contribution >= 4 is 0 Å². The molecule has 0 aromatic heterocycles. The topological polar surface area (TPSA) is 3.24 Å². The van der Waals surface area contributed by atoms with Crippen LogP contribution in [0.15, 0.2) is 23.9 Å². The van der Waals surface area contributed by atoms with Gasteiger partial charge in [-0.3, -0.25) is 0 Å². The molecule has 1 saturated carbocycles. The summed E-state index contributed by atoms with van der Waals surface area (Å²) in [6.45, 7) is 9.02. The van der Waals surface area contributed by atoms with Crippen molar-refractivity contribution in [3.63, 3.8) is 0 Å². The molecule has 2 fully saturated rings. The molecule has 1 nitrogen and oxygen atoms in total. The highest BCUT2D eigenvalue weighted by Gasteiger charge is 2.61. The highest BCUT2D eigenvalue weighted by Crippen LogP contribution is 2.61. The van der Waals surface area contributed by atoms with Crippen LogP contribution >= 0.6 is 0 Å². The molecule has 3 rings (SSSR count). The zero-order chi connectivity index (χ0) is 12.0. The fourth-order valence-electron chi connectivity index (χ4n) is 4.24. The molecule has 0 amide bonds. The van der Waals surface area contributed by atoms with Crippen LogP contribution in [0.4, 0.5) is 0 Å². The number of hydrogen-bond donors (Lipinski definition) is 0. The minimum atomic E-state index is 0.488. The van der Waals surface area contributed by atoms with E-state index in [4.69, 9.17) is 0 Å². The molecule has 1 aliphatic carbocycles. The van der Waals surface area contributed by atoms with E-state index in [-0.39, 0.29) is 0 Å². The van der Waals surface area contributed by atoms with Crippen LogP contribution in [-0.4, -0.2) is 16.5 Å². The molecule has 1 heteroatoms. The van der Waals surface area contributed by atoms with Crippen LogP contribution in [0.25, 0.3) is 0 Å². The highest BCUT2D eigenvalue weighted by atomic mass is 15.3. The Kier molecular flexibility index (Phi) is 2.61. The zero-order valence-corrected chi connectivity index (χ0v) is 11.3. The van der Waals surface area contributed by atoms with Crippen molar-refractivity contribution in [2.75, 3.05) is 0 Å². The Balaban J connectivity index is 1.76. The van der Waals surface area contributed by atoms with Gasteiger partial charge in [0, 0.05) is 17.7 Å². The summed E-state index contributed by atoms with van der Waals surface area (Å²) < 4.78 is 0. The summed E-state index contributed by atoms with van der Waals surface area (Å²) in [5.41, 5.74) is 3.65. The fraction of sp³-hybridized carbons (Fsp3) is 0.750. The van der Waals surface area contributed by atoms with Gasteiger partial charge < -0.3 is 4.90 Å². The van der Waals surface area contributed by atoms with Gasteiger partial charge in [-0.15, -0.1) is 0 Å². The minimum absolute atomic E-state index is 0.488. The van der Waals surface area contributed by atoms with Gasteiger partial charge in [0.1, 0.15) is 0 Å². The molecule has 94 valence electrons. The lowest BCUT2D eigenvalue weighted by Crippen LogP contribution is -2.43. The maximum Gasteiger partial charge on any atom is 0.0509 e. The summed E-state index contributed by atoms with van der Waals surface area (Å²) in [6, 6.07) is 0.761. The summed E-state index contributed by atoms with van der Waals surface area (Å²) in [5.74, 6) is 0.789. The maximum absolute atomic E-state index is 4.34. The molecular formula is C16H25N. The first-order valence-corrected chi connectivity index (χ1v) is 7.35. The van der Waals surface area contributed by atoms with Crippen molar-refractivity contribution in [1.29, 1.82) is 0 Å². The average molecular weight is 231 g/mol. The molecule has 17 heavy (non-hydrogen) atoms. The first kappa shape index (κ1) is 11.4. The second-order valence-electron chi connectivity index (χ2n) is 6.28. The van der Waals surface area contributed by atoms with Crippen molar-refractivity contribution in [3.05, 3.63) is 23.9 Å². The summed E-state index contributed by atoms with van der Waals surface area (Å²) in [4.78, 5) is 2.78. The predicted molar refractivity (Wildman–Crippen MR) is 72.7 cm³/mol. The van der Waals surface area contributed by atoms with E-state index in [0.29, 0.717) is 5.54 Å². The monoisotopic (exact) mass is 231 g/mol. The van der Waals surface area contributed by atoms with E-state index in [1.807, 2.05) is 0 Å². The van der Waals surface area contributed by atoms with Gasteiger partial charge in [-0.25, -0.2) is 0 Å². The number of rotatable bonds is 3. The third kappa shape index (κ3) is 1.58. The lowest BCUT2D eigenvalue weighted by molar-refractivity contribution is 0.149. The molecule has 3 aliphatic rings. The molecule has 0 bridgehead atoms. The molecular weight excluding hydrogens is 206 g/mol. The molecule has 0 aromatic rings. The Bertz CT molecular complexity index is 368. The molecule has 2 heterocycles. The normalized spacial score (nSPS) is 39.2. The van der Waals surface area contributed by atoms with Crippen LogP contribution in [0.2, 0.25) is 0 Å². The fourth-order valence-corrected chi connectivity index (χ4v) is 4.24. The van der Waals surface area contributed by atoms with Gasteiger partial charge in [0.25, 0.3) is 0 Å². The molecule has 2 aliphatic heterocycles. The van der Waals surface area contributed by atoms with Crippen molar-refractivity contribution in [2.24, 2.45) is 5.92 Å². The summed E-state index contributed by atoms with van der Waals surface area (Å²) in [5, 5.41) is 0.